The molecule has 494 valence electrons. The van der Waals surface area contributed by atoms with Crippen molar-refractivity contribution in [1.82, 2.24) is 0 Å². The fourth-order valence-corrected chi connectivity index (χ4v) is 56.0. The van der Waals surface area contributed by atoms with Crippen LogP contribution in [0.4, 0.5) is 0 Å². The van der Waals surface area contributed by atoms with E-state index in [1.54, 1.807) is 0 Å². The van der Waals surface area contributed by atoms with Crippen LogP contribution in [0, 0.1) is 83.5 Å². The van der Waals surface area contributed by atoms with Crippen molar-refractivity contribution in [2.75, 3.05) is 0 Å². The molecular formula is C36H45B3Ce2I36O6. The Kier molecular flexibility index (Phi) is 75.2. The van der Waals surface area contributed by atoms with Gasteiger partial charge in [0.25, 0.3) is 0 Å². The summed E-state index contributed by atoms with van der Waals surface area (Å²) in [6, 6.07) is 0. The Balaban J connectivity index is -0.000000362. The number of rotatable bonds is 33. The van der Waals surface area contributed by atoms with Crippen LogP contribution in [0.3, 0.4) is 0 Å². The van der Waals surface area contributed by atoms with Gasteiger partial charge >= 0.3 is 21.4 Å². The van der Waals surface area contributed by atoms with Gasteiger partial charge in [0.05, 0.1) is 4.29 Å². The van der Waals surface area contributed by atoms with Gasteiger partial charge in [-0.25, -0.2) is 0 Å². The molecule has 0 atom stereocenters. The smallest absolute Gasteiger partial charge is 0.426 e. The van der Waals surface area contributed by atoms with Gasteiger partial charge in [-0.3, -0.25) is 0 Å². The van der Waals surface area contributed by atoms with Gasteiger partial charge in [0, 0.05) is 83.5 Å². The fourth-order valence-electron chi connectivity index (χ4n) is 5.78. The van der Waals surface area contributed by atoms with E-state index in [4.69, 9.17) is 0 Å². The zero-order valence-corrected chi connectivity index (χ0v) is 126. The maximum atomic E-state index is 10.1. The molecule has 0 fully saturated rings. The van der Waals surface area contributed by atoms with Crippen LogP contribution in [0.5, 0.6) is 0 Å². The Bertz CT molecular complexity index is 1710. The van der Waals surface area contributed by atoms with Gasteiger partial charge in [-0.1, -0.05) is 911 Å². The molecule has 0 aliphatic rings. The summed E-state index contributed by atoms with van der Waals surface area (Å²) in [7, 11) is -4.22. The minimum absolute atomic E-state index is 0. The first-order valence-corrected chi connectivity index (χ1v) is 61.0. The Labute approximate surface area is 1060 Å². The average molecular weight is 5450 g/mol. The molecule has 0 unspecified atom stereocenters. The second kappa shape index (κ2) is 51.8. The Morgan fingerprint density at radius 1 is 0.205 bits per heavy atom. The van der Waals surface area contributed by atoms with E-state index in [0.29, 0.717) is 0 Å². The molecule has 0 amide bonds. The monoisotopic (exact) mass is 5450 g/mol. The van der Waals surface area contributed by atoms with Crippen LogP contribution in [0.2, 0.25) is 0 Å². The zero-order valence-electron chi connectivity index (χ0n) is 41.6. The number of unbranched alkanes of at least 4 members (excludes halogenated alkanes) is 9. The van der Waals surface area contributed by atoms with E-state index in [1.165, 1.54) is 77.0 Å². The average Bonchev–Trinajstić information content (AvgIpc) is 3.29. The van der Waals surface area contributed by atoms with E-state index in [9.17, 15) is 30.1 Å². The minimum atomic E-state index is -1.41. The normalized spacial score (nSPS) is 14.9. The van der Waals surface area contributed by atoms with Crippen LogP contribution in [-0.4, -0.2) is 76.9 Å². The van der Waals surface area contributed by atoms with Gasteiger partial charge in [0.15, 0.2) is 0 Å². The molecule has 0 radical (unpaired) electrons. The summed E-state index contributed by atoms with van der Waals surface area (Å²) in [6.45, 7) is 6.75. The summed E-state index contributed by atoms with van der Waals surface area (Å²) in [5.41, 5.74) is 0. The third-order valence-corrected chi connectivity index (χ3v) is 129. The first-order valence-electron chi connectivity index (χ1n) is 22.2. The fraction of sp³-hybridized carbons (Fsp3) is 1.00. The van der Waals surface area contributed by atoms with Crippen molar-refractivity contribution in [1.29, 1.82) is 0 Å². The van der Waals surface area contributed by atoms with Gasteiger partial charge in [-0.15, -0.1) is 0 Å². The molecule has 0 bridgehead atoms. The quantitative estimate of drug-likeness (QED) is 0.0169. The van der Waals surface area contributed by atoms with Gasteiger partial charge in [0.2, 0.25) is 0 Å². The predicted molar refractivity (Wildman–Crippen MR) is 671 cm³/mol. The summed E-state index contributed by atoms with van der Waals surface area (Å²) in [4.78, 5) is 0. The Morgan fingerprint density at radius 3 is 0.458 bits per heavy atom. The van der Waals surface area contributed by atoms with Crippen LogP contribution < -0.4 is 0 Å². The van der Waals surface area contributed by atoms with Crippen molar-refractivity contribution in [2.24, 2.45) is 0 Å². The Hall–Kier alpha value is 29.0. The molecule has 0 spiro atoms. The molecule has 0 aromatic heterocycles. The second-order valence-corrected chi connectivity index (χ2v) is 115. The van der Waals surface area contributed by atoms with Crippen molar-refractivity contribution in [3.8, 4) is 0 Å². The van der Waals surface area contributed by atoms with Crippen molar-refractivity contribution in [3.05, 3.63) is 0 Å². The van der Waals surface area contributed by atoms with Crippen molar-refractivity contribution in [3.63, 3.8) is 0 Å². The number of halogens is 36. The topological polar surface area (TPSA) is 121 Å². The van der Waals surface area contributed by atoms with Crippen molar-refractivity contribution in [2.45, 2.75) is 142 Å². The second-order valence-electron chi connectivity index (χ2n) is 17.4. The minimum Gasteiger partial charge on any atom is -0.426 e. The molecule has 0 saturated carbocycles. The van der Waals surface area contributed by atoms with Crippen molar-refractivity contribution < 1.29 is 114 Å². The molecule has 83 heavy (non-hydrogen) atoms. The van der Waals surface area contributed by atoms with Crippen LogP contribution in [0.1, 0.15) is 117 Å². The SMILES string of the molecule is CCCCCCC(I)(I)C(I)(I)C(I)(I)C(I)(I)C(I)(I)C(I)(I)B(O)O.CCCCCCC(I)(I)C(I)(I)C(I)(I)C(I)(I)C(I)(I)C(I)(I)B(O)O.CCCCCCC(I)(I)C(I)(I)C(I)(I)C(I)(I)C(I)(I)C(I)(I)B(O)O.[Ce].[Ce]. The molecule has 0 rings (SSSR count). The zero-order chi connectivity index (χ0) is 66.3. The molecular weight excluding hydrogens is 5410 g/mol. The maximum Gasteiger partial charge on any atom is 0.481 e. The molecule has 0 heterocycles. The molecule has 6 N–H and O–H groups in total. The van der Waals surface area contributed by atoms with Crippen LogP contribution in [-0.2, 0) is 0 Å². The molecule has 6 nitrogen and oxygen atoms in total. The summed E-state index contributed by atoms with van der Waals surface area (Å²) in [5, 5.41) is 60.5. The number of alkyl halides is 36. The summed E-state index contributed by atoms with van der Waals surface area (Å²) < 4.78 is -4.88. The molecule has 47 heteroatoms. The molecule has 0 aliphatic carbocycles. The van der Waals surface area contributed by atoms with Gasteiger partial charge in [-0.05, 0) is 19.3 Å². The first-order chi connectivity index (χ1) is 35.3. The van der Waals surface area contributed by atoms with E-state index in [1.807, 2.05) is 0 Å². The standard InChI is InChI=1S/3C12H15BI12O2.2Ce/c3*1-2-3-4-5-6-7(14,15)8(16,17)9(18,19)10(20,21)11(22,23)12(24,25)13(26)27;;/h3*26-27H,2-6H2,1H3;;. The summed E-state index contributed by atoms with van der Waals surface area (Å²) in [6.07, 6.45) is 18.7. The first kappa shape index (κ1) is 121. The van der Waals surface area contributed by atoms with E-state index in [0.717, 1.165) is 19.3 Å². The largest absolute Gasteiger partial charge is 0.481 e. The Morgan fingerprint density at radius 2 is 0.337 bits per heavy atom. The third kappa shape index (κ3) is 32.0. The van der Waals surface area contributed by atoms with E-state index < -0.39 is 29.6 Å². The van der Waals surface area contributed by atoms with Crippen LogP contribution >= 0.6 is 813 Å². The predicted octanol–water partition coefficient (Wildman–Crippen LogP) is 31.1. The molecule has 0 saturated heterocycles. The molecule has 0 aromatic carbocycles. The van der Waals surface area contributed by atoms with E-state index in [2.05, 4.69) is 834 Å². The maximum absolute atomic E-state index is 10.1. The van der Waals surface area contributed by atoms with Gasteiger partial charge < -0.3 is 30.1 Å². The summed E-state index contributed by atoms with van der Waals surface area (Å²) in [5.74, 6) is 0. The summed E-state index contributed by atoms with van der Waals surface area (Å²) >= 11 is 90.4. The van der Waals surface area contributed by atoms with Crippen LogP contribution in [0.15, 0.2) is 0 Å². The number of hydrogen-bond acceptors (Lipinski definition) is 6. The molecule has 0 aliphatic heterocycles. The molecule has 0 aromatic rings. The van der Waals surface area contributed by atoms with Gasteiger partial charge in [-0.2, -0.15) is 0 Å². The van der Waals surface area contributed by atoms with E-state index >= 15 is 0 Å². The van der Waals surface area contributed by atoms with Crippen LogP contribution in [0.25, 0.3) is 0 Å². The van der Waals surface area contributed by atoms with E-state index in [-0.39, 0.29) is 101 Å². The third-order valence-electron chi connectivity index (χ3n) is 11.2. The number of hydrogen-bond donors (Lipinski definition) is 6. The van der Waals surface area contributed by atoms with Crippen molar-refractivity contribution >= 4 is 835 Å². The van der Waals surface area contributed by atoms with Gasteiger partial charge in [0.1, 0.15) is 21.1 Å².